The fourth-order valence-electron chi connectivity index (χ4n) is 3.19. The number of nitrogens with one attached hydrogen (secondary N) is 1. The second kappa shape index (κ2) is 9.24. The molecule has 2 heterocycles. The zero-order valence-electron chi connectivity index (χ0n) is 16.1. The van der Waals surface area contributed by atoms with Gasteiger partial charge in [-0.05, 0) is 44.0 Å². The SMILES string of the molecule is Cc1ccccc1SCC(=O)NCc1ccc(N2CC(C)OC(C)C2)nc1. The molecule has 6 heteroatoms. The number of benzene rings is 1. The van der Waals surface area contributed by atoms with Gasteiger partial charge >= 0.3 is 0 Å². The van der Waals surface area contributed by atoms with Gasteiger partial charge in [-0.1, -0.05) is 24.3 Å². The average Bonchev–Trinajstić information content (AvgIpc) is 2.65. The van der Waals surface area contributed by atoms with Crippen LogP contribution in [0.2, 0.25) is 0 Å². The summed E-state index contributed by atoms with van der Waals surface area (Å²) >= 11 is 1.57. The highest BCUT2D eigenvalue weighted by atomic mass is 32.2. The molecule has 1 N–H and O–H groups in total. The van der Waals surface area contributed by atoms with Crippen molar-refractivity contribution < 1.29 is 9.53 Å². The Bertz CT molecular complexity index is 756. The Balaban J connectivity index is 1.47. The van der Waals surface area contributed by atoms with E-state index in [9.17, 15) is 4.79 Å². The highest BCUT2D eigenvalue weighted by Gasteiger charge is 2.22. The van der Waals surface area contributed by atoms with E-state index in [2.05, 4.69) is 42.0 Å². The van der Waals surface area contributed by atoms with Gasteiger partial charge in [0, 0.05) is 30.7 Å². The molecule has 2 unspecified atom stereocenters. The van der Waals surface area contributed by atoms with Crippen LogP contribution in [-0.4, -0.2) is 41.9 Å². The highest BCUT2D eigenvalue weighted by Crippen LogP contribution is 2.21. The number of aryl methyl sites for hydroxylation is 1. The first-order valence-corrected chi connectivity index (χ1v) is 10.3. The number of hydrogen-bond donors (Lipinski definition) is 1. The fraction of sp³-hybridized carbons (Fsp3) is 0.429. The van der Waals surface area contributed by atoms with E-state index >= 15 is 0 Å². The number of nitrogens with zero attached hydrogens (tertiary/aromatic N) is 2. The van der Waals surface area contributed by atoms with Crippen molar-refractivity contribution >= 4 is 23.5 Å². The number of carbonyl (C=O) groups is 1. The Labute approximate surface area is 165 Å². The Morgan fingerprint density at radius 2 is 1.96 bits per heavy atom. The minimum absolute atomic E-state index is 0.0307. The topological polar surface area (TPSA) is 54.5 Å². The summed E-state index contributed by atoms with van der Waals surface area (Å²) in [6.07, 6.45) is 2.26. The third-order valence-electron chi connectivity index (χ3n) is 4.49. The summed E-state index contributed by atoms with van der Waals surface area (Å²) in [5, 5.41) is 2.97. The van der Waals surface area contributed by atoms with E-state index in [1.165, 1.54) is 5.56 Å². The number of carbonyl (C=O) groups excluding carboxylic acids is 1. The lowest BCUT2D eigenvalue weighted by atomic mass is 10.2. The van der Waals surface area contributed by atoms with Crippen LogP contribution in [0.5, 0.6) is 0 Å². The van der Waals surface area contributed by atoms with Gasteiger partial charge in [0.1, 0.15) is 5.82 Å². The number of amides is 1. The molecule has 0 aliphatic carbocycles. The van der Waals surface area contributed by atoms with Gasteiger partial charge in [-0.3, -0.25) is 4.79 Å². The Morgan fingerprint density at radius 3 is 2.63 bits per heavy atom. The number of anilines is 1. The largest absolute Gasteiger partial charge is 0.372 e. The lowest BCUT2D eigenvalue weighted by molar-refractivity contribution is -0.118. The molecule has 3 rings (SSSR count). The molecule has 1 fully saturated rings. The van der Waals surface area contributed by atoms with Crippen LogP contribution in [0.1, 0.15) is 25.0 Å². The van der Waals surface area contributed by atoms with Crippen molar-refractivity contribution in [3.05, 3.63) is 53.7 Å². The average molecular weight is 386 g/mol. The number of pyridine rings is 1. The van der Waals surface area contributed by atoms with Crippen molar-refractivity contribution in [3.63, 3.8) is 0 Å². The third-order valence-corrected chi connectivity index (χ3v) is 5.67. The fourth-order valence-corrected chi connectivity index (χ4v) is 4.05. The molecule has 144 valence electrons. The van der Waals surface area contributed by atoms with Crippen LogP contribution in [0.4, 0.5) is 5.82 Å². The van der Waals surface area contributed by atoms with Crippen molar-refractivity contribution in [2.24, 2.45) is 0 Å². The van der Waals surface area contributed by atoms with E-state index in [-0.39, 0.29) is 18.1 Å². The number of aromatic nitrogens is 1. The van der Waals surface area contributed by atoms with E-state index in [4.69, 9.17) is 4.74 Å². The number of thioether (sulfide) groups is 1. The monoisotopic (exact) mass is 385 g/mol. The Hall–Kier alpha value is -2.05. The van der Waals surface area contributed by atoms with Crippen molar-refractivity contribution in [1.82, 2.24) is 10.3 Å². The van der Waals surface area contributed by atoms with Crippen LogP contribution in [0, 0.1) is 6.92 Å². The van der Waals surface area contributed by atoms with Gasteiger partial charge in [-0.25, -0.2) is 4.98 Å². The molecule has 0 spiro atoms. The maximum absolute atomic E-state index is 12.1. The molecule has 2 atom stereocenters. The van der Waals surface area contributed by atoms with Crippen LogP contribution in [-0.2, 0) is 16.1 Å². The third kappa shape index (κ3) is 5.71. The second-order valence-electron chi connectivity index (χ2n) is 7.02. The molecule has 27 heavy (non-hydrogen) atoms. The second-order valence-corrected chi connectivity index (χ2v) is 8.04. The van der Waals surface area contributed by atoms with E-state index < -0.39 is 0 Å². The van der Waals surface area contributed by atoms with Gasteiger partial charge in [0.25, 0.3) is 0 Å². The molecule has 0 bridgehead atoms. The summed E-state index contributed by atoms with van der Waals surface area (Å²) < 4.78 is 5.77. The normalized spacial score (nSPS) is 19.7. The smallest absolute Gasteiger partial charge is 0.230 e. The molecule has 0 radical (unpaired) electrons. The van der Waals surface area contributed by atoms with Gasteiger partial charge in [0.15, 0.2) is 0 Å². The van der Waals surface area contributed by atoms with Crippen LogP contribution in [0.15, 0.2) is 47.5 Å². The first-order chi connectivity index (χ1) is 13.0. The zero-order valence-corrected chi connectivity index (χ0v) is 17.0. The van der Waals surface area contributed by atoms with Crippen LogP contribution >= 0.6 is 11.8 Å². The number of ether oxygens (including phenoxy) is 1. The zero-order chi connectivity index (χ0) is 19.2. The molecule has 1 aliphatic heterocycles. The number of hydrogen-bond acceptors (Lipinski definition) is 5. The number of rotatable bonds is 6. The molecule has 1 aliphatic rings. The minimum atomic E-state index is 0.0307. The first kappa shape index (κ1) is 19.7. The van der Waals surface area contributed by atoms with Crippen LogP contribution in [0.3, 0.4) is 0 Å². The van der Waals surface area contributed by atoms with Crippen molar-refractivity contribution in [3.8, 4) is 0 Å². The summed E-state index contributed by atoms with van der Waals surface area (Å²) in [7, 11) is 0. The molecule has 0 saturated carbocycles. The van der Waals surface area contributed by atoms with Gasteiger partial charge in [-0.15, -0.1) is 11.8 Å². The highest BCUT2D eigenvalue weighted by molar-refractivity contribution is 8.00. The van der Waals surface area contributed by atoms with Gasteiger partial charge in [-0.2, -0.15) is 0 Å². The molecular formula is C21H27N3O2S. The molecule has 1 aromatic carbocycles. The maximum Gasteiger partial charge on any atom is 0.230 e. The predicted octanol–water partition coefficient (Wildman–Crippen LogP) is 3.41. The number of morpholine rings is 1. The maximum atomic E-state index is 12.1. The standard InChI is InChI=1S/C21H27N3O2S/c1-15-6-4-5-7-19(15)27-14-21(25)23-11-18-8-9-20(22-10-18)24-12-16(2)26-17(3)13-24/h4-10,16-17H,11-14H2,1-3H3,(H,23,25). The van der Waals surface area contributed by atoms with E-state index in [1.807, 2.05) is 36.5 Å². The van der Waals surface area contributed by atoms with E-state index in [1.54, 1.807) is 11.8 Å². The molecule has 1 amide bonds. The molecule has 1 aromatic heterocycles. The van der Waals surface area contributed by atoms with Gasteiger partial charge in [0.2, 0.25) is 5.91 Å². The van der Waals surface area contributed by atoms with E-state index in [0.29, 0.717) is 12.3 Å². The lowest BCUT2D eigenvalue weighted by Crippen LogP contribution is -2.45. The van der Waals surface area contributed by atoms with E-state index in [0.717, 1.165) is 29.4 Å². The summed E-state index contributed by atoms with van der Waals surface area (Å²) in [5.41, 5.74) is 2.20. The molecule has 1 saturated heterocycles. The van der Waals surface area contributed by atoms with Crippen molar-refractivity contribution in [1.29, 1.82) is 0 Å². The van der Waals surface area contributed by atoms with Crippen LogP contribution < -0.4 is 10.2 Å². The predicted molar refractivity (Wildman–Crippen MR) is 110 cm³/mol. The lowest BCUT2D eigenvalue weighted by Gasteiger charge is -2.36. The summed E-state index contributed by atoms with van der Waals surface area (Å²) in [6, 6.07) is 12.2. The Kier molecular flexibility index (Phi) is 6.74. The van der Waals surface area contributed by atoms with Gasteiger partial charge in [0.05, 0.1) is 18.0 Å². The minimum Gasteiger partial charge on any atom is -0.372 e. The summed E-state index contributed by atoms with van der Waals surface area (Å²) in [4.78, 5) is 20.1. The van der Waals surface area contributed by atoms with Crippen molar-refractivity contribution in [2.45, 2.75) is 44.4 Å². The molecule has 2 aromatic rings. The first-order valence-electron chi connectivity index (χ1n) is 9.31. The van der Waals surface area contributed by atoms with Gasteiger partial charge < -0.3 is 15.0 Å². The summed E-state index contributed by atoms with van der Waals surface area (Å²) in [5.74, 6) is 1.41. The Morgan fingerprint density at radius 1 is 1.22 bits per heavy atom. The summed E-state index contributed by atoms with van der Waals surface area (Å²) in [6.45, 7) is 8.43. The quantitative estimate of drug-likeness (QED) is 0.773. The van der Waals surface area contributed by atoms with Crippen molar-refractivity contribution in [2.75, 3.05) is 23.7 Å². The molecule has 5 nitrogen and oxygen atoms in total. The molecular weight excluding hydrogens is 358 g/mol. The van der Waals surface area contributed by atoms with Crippen LogP contribution in [0.25, 0.3) is 0 Å².